The Bertz CT molecular complexity index is 348. The van der Waals surface area contributed by atoms with Crippen molar-refractivity contribution in [3.05, 3.63) is 0 Å². The smallest absolute Gasteiger partial charge is 0.277 e. The van der Waals surface area contributed by atoms with Gasteiger partial charge in [-0.25, -0.2) is 0 Å². The van der Waals surface area contributed by atoms with E-state index in [-0.39, 0.29) is 12.1 Å². The lowest BCUT2D eigenvalue weighted by atomic mass is 9.96. The van der Waals surface area contributed by atoms with E-state index >= 15 is 0 Å². The molecule has 6 heteroatoms. The van der Waals surface area contributed by atoms with Gasteiger partial charge in [0.25, 0.3) is 10.2 Å². The highest BCUT2D eigenvalue weighted by atomic mass is 32.2. The quantitative estimate of drug-likeness (QED) is 0.703. The lowest BCUT2D eigenvalue weighted by molar-refractivity contribution is 0.295. The van der Waals surface area contributed by atoms with Crippen LogP contribution in [0, 0.1) is 0 Å². The number of nitrogens with one attached hydrogen (secondary N) is 3. The molecule has 0 aromatic heterocycles. The molecular formula is C11H25N3O2S. The molecule has 0 saturated carbocycles. The number of rotatable bonds is 3. The van der Waals surface area contributed by atoms with E-state index in [1.54, 1.807) is 0 Å². The van der Waals surface area contributed by atoms with Gasteiger partial charge in [0.15, 0.2) is 0 Å². The minimum absolute atomic E-state index is 0.0361. The van der Waals surface area contributed by atoms with Gasteiger partial charge in [0.2, 0.25) is 0 Å². The van der Waals surface area contributed by atoms with Crippen LogP contribution in [0.15, 0.2) is 0 Å². The Morgan fingerprint density at radius 3 is 2.24 bits per heavy atom. The van der Waals surface area contributed by atoms with Crippen LogP contribution >= 0.6 is 0 Å². The van der Waals surface area contributed by atoms with E-state index in [1.165, 1.54) is 0 Å². The van der Waals surface area contributed by atoms with Gasteiger partial charge in [0, 0.05) is 23.7 Å². The topological polar surface area (TPSA) is 70.2 Å². The van der Waals surface area contributed by atoms with Crippen LogP contribution in [0.3, 0.4) is 0 Å². The summed E-state index contributed by atoms with van der Waals surface area (Å²) in [4.78, 5) is 0. The van der Waals surface area contributed by atoms with Crippen LogP contribution in [0.5, 0.6) is 0 Å². The molecule has 3 N–H and O–H groups in total. The van der Waals surface area contributed by atoms with Gasteiger partial charge in [-0.05, 0) is 47.5 Å². The molecule has 0 spiro atoms. The van der Waals surface area contributed by atoms with Crippen LogP contribution in [-0.2, 0) is 10.2 Å². The molecule has 5 nitrogen and oxygen atoms in total. The van der Waals surface area contributed by atoms with E-state index in [0.29, 0.717) is 6.04 Å². The van der Waals surface area contributed by atoms with Crippen molar-refractivity contribution in [3.63, 3.8) is 0 Å². The van der Waals surface area contributed by atoms with E-state index in [1.807, 2.05) is 27.7 Å². The Morgan fingerprint density at radius 1 is 1.18 bits per heavy atom. The van der Waals surface area contributed by atoms with Gasteiger partial charge in [0.1, 0.15) is 0 Å². The summed E-state index contributed by atoms with van der Waals surface area (Å²) in [5, 5.41) is 3.36. The average Bonchev–Trinajstić information content (AvgIpc) is 2.05. The predicted octanol–water partition coefficient (Wildman–Crippen LogP) is 0.738. The van der Waals surface area contributed by atoms with E-state index < -0.39 is 15.7 Å². The van der Waals surface area contributed by atoms with Crippen molar-refractivity contribution in [2.45, 2.75) is 71.1 Å². The zero-order valence-corrected chi connectivity index (χ0v) is 12.2. The first-order valence-electron chi connectivity index (χ1n) is 6.16. The van der Waals surface area contributed by atoms with Gasteiger partial charge >= 0.3 is 0 Å². The van der Waals surface area contributed by atoms with E-state index in [0.717, 1.165) is 12.8 Å². The first kappa shape index (κ1) is 14.9. The molecule has 0 amide bonds. The van der Waals surface area contributed by atoms with Crippen LogP contribution in [0.25, 0.3) is 0 Å². The minimum atomic E-state index is -3.43. The van der Waals surface area contributed by atoms with Gasteiger partial charge in [-0.2, -0.15) is 17.9 Å². The van der Waals surface area contributed by atoms with Crippen LogP contribution in [-0.4, -0.2) is 32.1 Å². The first-order chi connectivity index (χ1) is 7.59. The summed E-state index contributed by atoms with van der Waals surface area (Å²) >= 11 is 0. The molecule has 1 aliphatic heterocycles. The zero-order chi connectivity index (χ0) is 13.3. The normalized spacial score (nSPS) is 31.5. The molecule has 3 atom stereocenters. The van der Waals surface area contributed by atoms with Crippen molar-refractivity contribution >= 4 is 10.2 Å². The molecule has 102 valence electrons. The summed E-state index contributed by atoms with van der Waals surface area (Å²) in [6.07, 6.45) is 1.87. The van der Waals surface area contributed by atoms with Crippen LogP contribution in [0.4, 0.5) is 0 Å². The number of hydrogen-bond acceptors (Lipinski definition) is 3. The first-order valence-corrected chi connectivity index (χ1v) is 7.65. The van der Waals surface area contributed by atoms with Crippen molar-refractivity contribution in [1.82, 2.24) is 14.8 Å². The second-order valence-electron chi connectivity index (χ2n) is 6.01. The van der Waals surface area contributed by atoms with E-state index in [9.17, 15) is 8.42 Å². The molecule has 17 heavy (non-hydrogen) atoms. The van der Waals surface area contributed by atoms with Crippen LogP contribution in [0.1, 0.15) is 47.5 Å². The Balaban J connectivity index is 2.59. The van der Waals surface area contributed by atoms with E-state index in [4.69, 9.17) is 0 Å². The van der Waals surface area contributed by atoms with Crippen molar-refractivity contribution in [2.75, 3.05) is 0 Å². The third kappa shape index (κ3) is 5.33. The predicted molar refractivity (Wildman–Crippen MR) is 70.0 cm³/mol. The number of hydrogen-bond donors (Lipinski definition) is 3. The Kier molecular flexibility index (Phi) is 4.57. The van der Waals surface area contributed by atoms with Crippen molar-refractivity contribution in [3.8, 4) is 0 Å². The van der Waals surface area contributed by atoms with Gasteiger partial charge in [-0.3, -0.25) is 0 Å². The fourth-order valence-corrected chi connectivity index (χ4v) is 3.71. The highest BCUT2D eigenvalue weighted by Crippen LogP contribution is 2.14. The summed E-state index contributed by atoms with van der Waals surface area (Å²) in [5.41, 5.74) is -0.454. The van der Waals surface area contributed by atoms with Crippen molar-refractivity contribution < 1.29 is 8.42 Å². The van der Waals surface area contributed by atoms with Gasteiger partial charge < -0.3 is 5.32 Å². The second-order valence-corrected chi connectivity index (χ2v) is 7.46. The molecule has 1 heterocycles. The van der Waals surface area contributed by atoms with Crippen LogP contribution < -0.4 is 14.8 Å². The molecular weight excluding hydrogens is 238 g/mol. The van der Waals surface area contributed by atoms with Gasteiger partial charge in [0.05, 0.1) is 0 Å². The minimum Gasteiger partial charge on any atom is -0.310 e. The molecule has 0 radical (unpaired) electrons. The molecule has 0 aliphatic carbocycles. The fourth-order valence-electron chi connectivity index (χ4n) is 2.12. The summed E-state index contributed by atoms with van der Waals surface area (Å²) in [5.74, 6) is 0. The van der Waals surface area contributed by atoms with Gasteiger partial charge in [-0.15, -0.1) is 0 Å². The highest BCUT2D eigenvalue weighted by Gasteiger charge is 2.29. The molecule has 0 aromatic rings. The Labute approximate surface area is 105 Å². The molecule has 1 saturated heterocycles. The maximum atomic E-state index is 11.9. The maximum Gasteiger partial charge on any atom is 0.277 e. The lowest BCUT2D eigenvalue weighted by Gasteiger charge is -2.35. The molecule has 1 aliphatic rings. The molecule has 3 unspecified atom stereocenters. The fraction of sp³-hybridized carbons (Fsp3) is 1.00. The largest absolute Gasteiger partial charge is 0.310 e. The average molecular weight is 263 g/mol. The zero-order valence-electron chi connectivity index (χ0n) is 11.4. The molecule has 0 bridgehead atoms. The summed E-state index contributed by atoms with van der Waals surface area (Å²) in [7, 11) is -3.43. The van der Waals surface area contributed by atoms with Crippen molar-refractivity contribution in [2.24, 2.45) is 0 Å². The van der Waals surface area contributed by atoms with Crippen LogP contribution in [0.2, 0.25) is 0 Å². The number of piperidine rings is 1. The van der Waals surface area contributed by atoms with E-state index in [2.05, 4.69) is 21.7 Å². The summed E-state index contributed by atoms with van der Waals surface area (Å²) in [6.45, 7) is 9.62. The van der Waals surface area contributed by atoms with Crippen molar-refractivity contribution in [1.29, 1.82) is 0 Å². The Hall–Kier alpha value is -0.170. The summed E-state index contributed by atoms with van der Waals surface area (Å²) < 4.78 is 29.1. The Morgan fingerprint density at radius 2 is 1.76 bits per heavy atom. The SMILES string of the molecule is CC1CCC(NS(=O)(=O)NC(C)(C)C)C(C)N1. The molecule has 0 aromatic carbocycles. The third-order valence-electron chi connectivity index (χ3n) is 2.81. The standard InChI is InChI=1S/C11H25N3O2S/c1-8-6-7-10(9(2)12-8)13-17(15,16)14-11(3,4)5/h8-10,12-14H,6-7H2,1-5H3. The monoisotopic (exact) mass is 263 g/mol. The molecule has 1 rings (SSSR count). The maximum absolute atomic E-state index is 11.9. The van der Waals surface area contributed by atoms with Gasteiger partial charge in [-0.1, -0.05) is 0 Å². The highest BCUT2D eigenvalue weighted by molar-refractivity contribution is 7.87. The lowest BCUT2D eigenvalue weighted by Crippen LogP contribution is -2.58. The molecule has 1 fully saturated rings. The second kappa shape index (κ2) is 5.22. The third-order valence-corrected chi connectivity index (χ3v) is 4.30. The summed E-state index contributed by atoms with van der Waals surface area (Å²) in [6, 6.07) is 0.586.